The van der Waals surface area contributed by atoms with Crippen molar-refractivity contribution in [3.05, 3.63) is 34.7 Å². The van der Waals surface area contributed by atoms with Gasteiger partial charge in [-0.1, -0.05) is 0 Å². The van der Waals surface area contributed by atoms with Crippen LogP contribution in [-0.2, 0) is 6.54 Å². The average Bonchev–Trinajstić information content (AvgIpc) is 3.21. The molecule has 0 saturated heterocycles. The predicted molar refractivity (Wildman–Crippen MR) is 84.8 cm³/mol. The zero-order valence-electron chi connectivity index (χ0n) is 12.1. The molecule has 0 bridgehead atoms. The highest BCUT2D eigenvalue weighted by Crippen LogP contribution is 2.43. The molecule has 0 atom stereocenters. The Labute approximate surface area is 132 Å². The van der Waals surface area contributed by atoms with Gasteiger partial charge in [0.25, 0.3) is 0 Å². The molecule has 1 aromatic carbocycles. The van der Waals surface area contributed by atoms with Gasteiger partial charge in [-0.3, -0.25) is 0 Å². The smallest absolute Gasteiger partial charge is 0.144 e. The minimum absolute atomic E-state index is 0.646. The van der Waals surface area contributed by atoms with Crippen LogP contribution in [0.15, 0.2) is 33.4 Å². The quantitative estimate of drug-likeness (QED) is 0.854. The number of rotatable bonds is 6. The number of methoxy groups -OCH3 is 2. The molecule has 0 aliphatic heterocycles. The van der Waals surface area contributed by atoms with Crippen LogP contribution in [0.1, 0.15) is 18.6 Å². The highest BCUT2D eigenvalue weighted by Gasteiger charge is 2.22. The van der Waals surface area contributed by atoms with Gasteiger partial charge in [0.05, 0.1) is 27.0 Å². The summed E-state index contributed by atoms with van der Waals surface area (Å²) < 4.78 is 17.3. The standard InChI is InChI=1S/C16H18BrNO3/c1-19-13-6-5-12(16(20-2)15(13)17)11-7-8-21-14(11)9-18-10-3-4-10/h5-8,10,18H,3-4,9H2,1-2H3. The summed E-state index contributed by atoms with van der Waals surface area (Å²) in [7, 11) is 3.30. The second-order valence-electron chi connectivity index (χ2n) is 5.08. The summed E-state index contributed by atoms with van der Waals surface area (Å²) in [5.41, 5.74) is 2.04. The molecule has 1 fully saturated rings. The third kappa shape index (κ3) is 2.94. The number of hydrogen-bond acceptors (Lipinski definition) is 4. The fraction of sp³-hybridized carbons (Fsp3) is 0.375. The Bertz CT molecular complexity index is 634. The van der Waals surface area contributed by atoms with Crippen LogP contribution in [0.4, 0.5) is 0 Å². The molecule has 0 unspecified atom stereocenters. The molecule has 1 saturated carbocycles. The molecule has 0 spiro atoms. The van der Waals surface area contributed by atoms with Crippen molar-refractivity contribution in [3.63, 3.8) is 0 Å². The summed E-state index contributed by atoms with van der Waals surface area (Å²) in [4.78, 5) is 0. The van der Waals surface area contributed by atoms with Crippen molar-refractivity contribution in [1.29, 1.82) is 0 Å². The lowest BCUT2D eigenvalue weighted by Crippen LogP contribution is -2.15. The highest BCUT2D eigenvalue weighted by atomic mass is 79.9. The predicted octanol–water partition coefficient (Wildman–Crippen LogP) is 3.98. The summed E-state index contributed by atoms with van der Waals surface area (Å²) in [6, 6.07) is 6.54. The topological polar surface area (TPSA) is 43.6 Å². The van der Waals surface area contributed by atoms with Crippen LogP contribution in [0.5, 0.6) is 11.5 Å². The van der Waals surface area contributed by atoms with Crippen molar-refractivity contribution in [2.24, 2.45) is 0 Å². The van der Waals surface area contributed by atoms with Gasteiger partial charge >= 0.3 is 0 Å². The van der Waals surface area contributed by atoms with Gasteiger partial charge in [0, 0.05) is 17.2 Å². The number of benzene rings is 1. The van der Waals surface area contributed by atoms with Crippen LogP contribution in [0.3, 0.4) is 0 Å². The first-order chi connectivity index (χ1) is 10.2. The molecule has 1 aliphatic rings. The third-order valence-corrected chi connectivity index (χ3v) is 4.40. The van der Waals surface area contributed by atoms with Crippen molar-refractivity contribution >= 4 is 15.9 Å². The zero-order chi connectivity index (χ0) is 14.8. The minimum atomic E-state index is 0.646. The van der Waals surface area contributed by atoms with E-state index in [1.165, 1.54) is 12.8 Å². The fourth-order valence-electron chi connectivity index (χ4n) is 2.35. The van der Waals surface area contributed by atoms with Gasteiger partial charge in [-0.2, -0.15) is 0 Å². The van der Waals surface area contributed by atoms with Crippen LogP contribution in [0, 0.1) is 0 Å². The van der Waals surface area contributed by atoms with Gasteiger partial charge in [0.1, 0.15) is 21.7 Å². The maximum atomic E-state index is 5.63. The minimum Gasteiger partial charge on any atom is -0.495 e. The first-order valence-corrected chi connectivity index (χ1v) is 7.74. The third-order valence-electron chi connectivity index (χ3n) is 3.65. The number of nitrogens with one attached hydrogen (secondary N) is 1. The monoisotopic (exact) mass is 351 g/mol. The lowest BCUT2D eigenvalue weighted by Gasteiger charge is -2.13. The molecule has 3 rings (SSSR count). The molecule has 1 aromatic heterocycles. The first-order valence-electron chi connectivity index (χ1n) is 6.95. The van der Waals surface area contributed by atoms with E-state index in [1.54, 1.807) is 20.5 Å². The van der Waals surface area contributed by atoms with Crippen molar-refractivity contribution in [1.82, 2.24) is 5.32 Å². The maximum absolute atomic E-state index is 5.63. The molecule has 2 aromatic rings. The van der Waals surface area contributed by atoms with Gasteiger partial charge < -0.3 is 19.2 Å². The largest absolute Gasteiger partial charge is 0.495 e. The van der Waals surface area contributed by atoms with Gasteiger partial charge in [0.2, 0.25) is 0 Å². The number of halogens is 1. The van der Waals surface area contributed by atoms with Crippen LogP contribution < -0.4 is 14.8 Å². The Morgan fingerprint density at radius 2 is 2.00 bits per heavy atom. The number of hydrogen-bond donors (Lipinski definition) is 1. The SMILES string of the molecule is COc1ccc(-c2ccoc2CNC2CC2)c(OC)c1Br. The van der Waals surface area contributed by atoms with E-state index in [0.717, 1.165) is 39.4 Å². The molecule has 0 amide bonds. The van der Waals surface area contributed by atoms with E-state index in [9.17, 15) is 0 Å². The normalized spacial score (nSPS) is 14.2. The zero-order valence-corrected chi connectivity index (χ0v) is 13.7. The van der Waals surface area contributed by atoms with E-state index >= 15 is 0 Å². The molecule has 1 heterocycles. The van der Waals surface area contributed by atoms with Crippen molar-refractivity contribution in [2.75, 3.05) is 14.2 Å². The summed E-state index contributed by atoms with van der Waals surface area (Å²) in [6.45, 7) is 0.736. The Morgan fingerprint density at radius 3 is 2.67 bits per heavy atom. The molecular formula is C16H18BrNO3. The first kappa shape index (κ1) is 14.5. The molecule has 21 heavy (non-hydrogen) atoms. The van der Waals surface area contributed by atoms with Crippen LogP contribution in [0.25, 0.3) is 11.1 Å². The molecule has 5 heteroatoms. The summed E-state index contributed by atoms with van der Waals surface area (Å²) in [5, 5.41) is 3.47. The van der Waals surface area contributed by atoms with E-state index in [-0.39, 0.29) is 0 Å². The number of ether oxygens (including phenoxy) is 2. The van der Waals surface area contributed by atoms with E-state index in [4.69, 9.17) is 13.9 Å². The van der Waals surface area contributed by atoms with E-state index in [2.05, 4.69) is 21.2 Å². The van der Waals surface area contributed by atoms with Crippen molar-refractivity contribution < 1.29 is 13.9 Å². The van der Waals surface area contributed by atoms with Gasteiger partial charge in [-0.05, 0) is 47.0 Å². The summed E-state index contributed by atoms with van der Waals surface area (Å²) in [6.07, 6.45) is 4.23. The molecular weight excluding hydrogens is 334 g/mol. The number of furan rings is 1. The van der Waals surface area contributed by atoms with Crippen LogP contribution in [0.2, 0.25) is 0 Å². The Balaban J connectivity index is 1.95. The highest BCUT2D eigenvalue weighted by molar-refractivity contribution is 9.10. The van der Waals surface area contributed by atoms with E-state index in [1.807, 2.05) is 18.2 Å². The Hall–Kier alpha value is -1.46. The summed E-state index contributed by atoms with van der Waals surface area (Å²) >= 11 is 3.54. The lowest BCUT2D eigenvalue weighted by atomic mass is 10.0. The maximum Gasteiger partial charge on any atom is 0.144 e. The fourth-order valence-corrected chi connectivity index (χ4v) is 3.02. The van der Waals surface area contributed by atoms with Gasteiger partial charge in [0.15, 0.2) is 0 Å². The molecule has 0 radical (unpaired) electrons. The van der Waals surface area contributed by atoms with Crippen molar-refractivity contribution in [3.8, 4) is 22.6 Å². The Kier molecular flexibility index (Phi) is 4.22. The molecule has 112 valence electrons. The van der Waals surface area contributed by atoms with E-state index < -0.39 is 0 Å². The Morgan fingerprint density at radius 1 is 1.19 bits per heavy atom. The molecule has 4 nitrogen and oxygen atoms in total. The van der Waals surface area contributed by atoms with E-state index in [0.29, 0.717) is 6.04 Å². The second kappa shape index (κ2) is 6.12. The van der Waals surface area contributed by atoms with Crippen molar-refractivity contribution in [2.45, 2.75) is 25.4 Å². The molecule has 1 N–H and O–H groups in total. The van der Waals surface area contributed by atoms with Gasteiger partial charge in [-0.15, -0.1) is 0 Å². The van der Waals surface area contributed by atoms with Crippen LogP contribution in [-0.4, -0.2) is 20.3 Å². The van der Waals surface area contributed by atoms with Gasteiger partial charge in [-0.25, -0.2) is 0 Å². The average molecular weight is 352 g/mol. The summed E-state index contributed by atoms with van der Waals surface area (Å²) in [5.74, 6) is 2.43. The second-order valence-corrected chi connectivity index (χ2v) is 5.87. The van der Waals surface area contributed by atoms with Crippen LogP contribution >= 0.6 is 15.9 Å². The lowest BCUT2D eigenvalue weighted by molar-refractivity contribution is 0.390. The molecule has 1 aliphatic carbocycles.